The average molecular weight is 353 g/mol. The van der Waals surface area contributed by atoms with Crippen LogP contribution in [-0.2, 0) is 6.42 Å². The van der Waals surface area contributed by atoms with Crippen LogP contribution in [0.3, 0.4) is 0 Å². The Bertz CT molecular complexity index is 687. The molecule has 0 amide bonds. The Morgan fingerprint density at radius 1 is 0.923 bits per heavy atom. The van der Waals surface area contributed by atoms with E-state index in [2.05, 4.69) is 32.0 Å². The lowest BCUT2D eigenvalue weighted by atomic mass is 9.49. The van der Waals surface area contributed by atoms with Gasteiger partial charge in [0.05, 0.1) is 7.11 Å². The fourth-order valence-corrected chi connectivity index (χ4v) is 8.22. The lowest BCUT2D eigenvalue weighted by Gasteiger charge is -2.56. The Morgan fingerprint density at radius 3 is 2.46 bits per heavy atom. The van der Waals surface area contributed by atoms with Gasteiger partial charge in [-0.1, -0.05) is 32.8 Å². The van der Waals surface area contributed by atoms with Gasteiger partial charge in [0.15, 0.2) is 0 Å². The van der Waals surface area contributed by atoms with E-state index in [0.29, 0.717) is 10.8 Å². The van der Waals surface area contributed by atoms with Crippen LogP contribution in [-0.4, -0.2) is 7.11 Å². The zero-order valence-electron chi connectivity index (χ0n) is 17.0. The van der Waals surface area contributed by atoms with Crippen LogP contribution >= 0.6 is 0 Å². The van der Waals surface area contributed by atoms with Crippen molar-refractivity contribution in [3.63, 3.8) is 0 Å². The summed E-state index contributed by atoms with van der Waals surface area (Å²) in [7, 11) is 1.79. The van der Waals surface area contributed by atoms with E-state index in [1.807, 2.05) is 0 Å². The maximum Gasteiger partial charge on any atom is 0.119 e. The van der Waals surface area contributed by atoms with Gasteiger partial charge in [-0.3, -0.25) is 0 Å². The van der Waals surface area contributed by atoms with Crippen molar-refractivity contribution in [1.29, 1.82) is 0 Å². The van der Waals surface area contributed by atoms with Gasteiger partial charge in [0.25, 0.3) is 0 Å². The second-order valence-electron chi connectivity index (χ2n) is 10.4. The Kier molecular flexibility index (Phi) is 3.96. The molecule has 4 aliphatic rings. The molecule has 1 nitrogen and oxygen atoms in total. The minimum Gasteiger partial charge on any atom is -0.497 e. The Labute approximate surface area is 159 Å². The quantitative estimate of drug-likeness (QED) is 0.572. The first-order valence-electron chi connectivity index (χ1n) is 11.2. The molecule has 0 aliphatic heterocycles. The zero-order valence-corrected chi connectivity index (χ0v) is 17.0. The smallest absolute Gasteiger partial charge is 0.119 e. The summed E-state index contributed by atoms with van der Waals surface area (Å²) >= 11 is 0. The van der Waals surface area contributed by atoms with Gasteiger partial charge >= 0.3 is 0 Å². The predicted octanol–water partition coefficient (Wildman–Crippen LogP) is 6.75. The molecule has 26 heavy (non-hydrogen) atoms. The van der Waals surface area contributed by atoms with Gasteiger partial charge in [-0.2, -0.15) is 0 Å². The number of benzene rings is 1. The lowest BCUT2D eigenvalue weighted by Crippen LogP contribution is -2.48. The van der Waals surface area contributed by atoms with Crippen molar-refractivity contribution >= 4 is 0 Å². The third-order valence-corrected chi connectivity index (χ3v) is 9.86. The maximum absolute atomic E-state index is 5.49. The van der Waals surface area contributed by atoms with Gasteiger partial charge < -0.3 is 4.74 Å². The summed E-state index contributed by atoms with van der Waals surface area (Å²) < 4.78 is 5.49. The number of rotatable bonds is 2. The summed E-state index contributed by atoms with van der Waals surface area (Å²) in [6.45, 7) is 5.41. The molecule has 3 saturated carbocycles. The van der Waals surface area contributed by atoms with Crippen molar-refractivity contribution in [3.8, 4) is 5.75 Å². The first-order valence-corrected chi connectivity index (χ1v) is 11.2. The highest BCUT2D eigenvalue weighted by atomic mass is 16.5. The highest BCUT2D eigenvalue weighted by molar-refractivity contribution is 5.40. The van der Waals surface area contributed by atoms with Crippen LogP contribution in [0.2, 0.25) is 0 Å². The summed E-state index contributed by atoms with van der Waals surface area (Å²) in [5, 5.41) is 0. The molecule has 5 atom stereocenters. The molecular weight excluding hydrogens is 316 g/mol. The van der Waals surface area contributed by atoms with Crippen molar-refractivity contribution in [2.24, 2.45) is 28.6 Å². The number of hydrogen-bond donors (Lipinski definition) is 0. The number of fused-ring (bicyclic) bond motifs is 5. The number of aryl methyl sites for hydroxylation is 1. The van der Waals surface area contributed by atoms with Gasteiger partial charge in [-0.15, -0.1) is 0 Å². The zero-order chi connectivity index (χ0) is 17.9. The van der Waals surface area contributed by atoms with Crippen LogP contribution in [0.4, 0.5) is 0 Å². The van der Waals surface area contributed by atoms with E-state index in [4.69, 9.17) is 4.74 Å². The number of ether oxygens (including phenoxy) is 1. The number of hydrogen-bond acceptors (Lipinski definition) is 1. The normalized spacial score (nSPS) is 42.2. The van der Waals surface area contributed by atoms with Crippen LogP contribution in [0.15, 0.2) is 18.2 Å². The SMILES string of the molecule is COc1ccc2c(c1)CC[C@@H]1[C@@H]2CC[C@@]2(C)[C@H]1CC[C@]2(C)C1CCCC1. The minimum atomic E-state index is 0.590. The molecule has 0 bridgehead atoms. The Balaban J connectivity index is 1.46. The highest BCUT2D eigenvalue weighted by Gasteiger charge is 2.61. The van der Waals surface area contributed by atoms with Crippen molar-refractivity contribution in [1.82, 2.24) is 0 Å². The molecule has 0 unspecified atom stereocenters. The molecule has 5 rings (SSSR count). The van der Waals surface area contributed by atoms with E-state index >= 15 is 0 Å². The average Bonchev–Trinajstić information content (AvgIpc) is 3.29. The minimum absolute atomic E-state index is 0.590. The van der Waals surface area contributed by atoms with E-state index in [1.54, 1.807) is 18.2 Å². The fraction of sp³-hybridized carbons (Fsp3) is 0.760. The molecule has 142 valence electrons. The maximum atomic E-state index is 5.49. The summed E-state index contributed by atoms with van der Waals surface area (Å²) in [6, 6.07) is 6.92. The third kappa shape index (κ3) is 2.21. The summed E-state index contributed by atoms with van der Waals surface area (Å²) in [6.07, 6.45) is 14.5. The third-order valence-electron chi connectivity index (χ3n) is 9.86. The summed E-state index contributed by atoms with van der Waals surface area (Å²) in [4.78, 5) is 0. The molecule has 0 heterocycles. The van der Waals surface area contributed by atoms with Gasteiger partial charge in [-0.25, -0.2) is 0 Å². The van der Waals surface area contributed by atoms with Crippen molar-refractivity contribution < 1.29 is 4.74 Å². The van der Waals surface area contributed by atoms with E-state index in [9.17, 15) is 0 Å². The van der Waals surface area contributed by atoms with Crippen molar-refractivity contribution in [3.05, 3.63) is 29.3 Å². The first-order chi connectivity index (χ1) is 12.6. The topological polar surface area (TPSA) is 9.23 Å². The second kappa shape index (κ2) is 6.01. The summed E-state index contributed by atoms with van der Waals surface area (Å²) in [5.41, 5.74) is 4.44. The van der Waals surface area contributed by atoms with Gasteiger partial charge in [0.1, 0.15) is 5.75 Å². The molecule has 0 N–H and O–H groups in total. The monoisotopic (exact) mass is 352 g/mol. The molecule has 1 heteroatoms. The summed E-state index contributed by atoms with van der Waals surface area (Å²) in [5.74, 6) is 4.75. The first kappa shape index (κ1) is 17.1. The molecule has 1 aromatic carbocycles. The molecule has 1 aromatic rings. The molecular formula is C25H36O. The van der Waals surface area contributed by atoms with E-state index in [-0.39, 0.29) is 0 Å². The molecule has 0 radical (unpaired) electrons. The molecule has 0 aromatic heterocycles. The number of methoxy groups -OCH3 is 1. The lowest BCUT2D eigenvalue weighted by molar-refractivity contribution is -0.0485. The highest BCUT2D eigenvalue weighted by Crippen LogP contribution is 2.70. The van der Waals surface area contributed by atoms with E-state index < -0.39 is 0 Å². The van der Waals surface area contributed by atoms with Crippen LogP contribution < -0.4 is 4.74 Å². The van der Waals surface area contributed by atoms with Gasteiger partial charge in [-0.05, 0) is 109 Å². The van der Waals surface area contributed by atoms with E-state index in [0.717, 1.165) is 29.4 Å². The fourth-order valence-electron chi connectivity index (χ4n) is 8.22. The van der Waals surface area contributed by atoms with Crippen LogP contribution in [0, 0.1) is 28.6 Å². The molecule has 3 fully saturated rings. The van der Waals surface area contributed by atoms with Gasteiger partial charge in [0.2, 0.25) is 0 Å². The predicted molar refractivity (Wildman–Crippen MR) is 108 cm³/mol. The van der Waals surface area contributed by atoms with Crippen LogP contribution in [0.1, 0.15) is 88.7 Å². The van der Waals surface area contributed by atoms with Gasteiger partial charge in [0, 0.05) is 0 Å². The second-order valence-corrected chi connectivity index (χ2v) is 10.4. The van der Waals surface area contributed by atoms with Crippen molar-refractivity contribution in [2.75, 3.05) is 7.11 Å². The molecule has 0 spiro atoms. The van der Waals surface area contributed by atoms with Crippen LogP contribution in [0.5, 0.6) is 5.75 Å². The molecule has 4 aliphatic carbocycles. The van der Waals surface area contributed by atoms with Crippen molar-refractivity contribution in [2.45, 2.75) is 84.0 Å². The largest absolute Gasteiger partial charge is 0.497 e. The Morgan fingerprint density at radius 2 is 1.69 bits per heavy atom. The molecule has 0 saturated heterocycles. The standard InChI is InChI=1S/C25H36O/c1-24(18-6-4-5-7-18)15-13-23-22-10-8-17-16-19(26-3)9-11-20(17)21(22)12-14-25(23,24)2/h9,11,16,18,21-23H,4-8,10,12-15H2,1-3H3/t21-,22-,23+,24-,25+/m1/s1. The Hall–Kier alpha value is -0.980. The van der Waals surface area contributed by atoms with Crippen LogP contribution in [0.25, 0.3) is 0 Å². The van der Waals surface area contributed by atoms with E-state index in [1.165, 1.54) is 64.2 Å².